The van der Waals surface area contributed by atoms with E-state index in [2.05, 4.69) is 126 Å². The van der Waals surface area contributed by atoms with Crippen molar-refractivity contribution < 1.29 is 84.6 Å². The minimum absolute atomic E-state index is 0.223. The first-order valence-electron chi connectivity index (χ1n) is 36.2. The quantitative estimate of drug-likeness (QED) is 0.0335. The zero-order valence-electron chi connectivity index (χ0n) is 61.3. The number of aromatic amines is 2. The van der Waals surface area contributed by atoms with Crippen LogP contribution in [-0.4, -0.2) is 238 Å². The molecule has 28 nitrogen and oxygen atoms in total. The second-order valence-electron chi connectivity index (χ2n) is 25.3. The normalized spacial score (nSPS) is 12.5. The number of rotatable bonds is 46. The lowest BCUT2D eigenvalue weighted by Crippen LogP contribution is -2.26. The molecule has 0 saturated carbocycles. The van der Waals surface area contributed by atoms with E-state index in [1.54, 1.807) is 28.4 Å². The van der Waals surface area contributed by atoms with Crippen LogP contribution in [0, 0.1) is 0 Å². The monoisotopic (exact) mass is 1490 g/mol. The molecule has 28 heteroatoms. The average molecular weight is 1490 g/mol. The summed E-state index contributed by atoms with van der Waals surface area (Å²) in [5, 5.41) is 42.0. The van der Waals surface area contributed by atoms with Crippen LogP contribution in [-0.2, 0) is 62.3 Å². The Morgan fingerprint density at radius 2 is 0.514 bits per heavy atom. The first-order chi connectivity index (χ1) is 53.9. The summed E-state index contributed by atoms with van der Waals surface area (Å²) in [5.74, 6) is 3.03. The minimum Gasteiger partial charge on any atom is -0.487 e. The summed E-state index contributed by atoms with van der Waals surface area (Å²) in [4.78, 5) is 0. The Kier molecular flexibility index (Phi) is 26.0. The largest absolute Gasteiger partial charge is 0.487 e. The van der Waals surface area contributed by atoms with E-state index in [0.29, 0.717) is 189 Å². The van der Waals surface area contributed by atoms with Crippen LogP contribution in [0.25, 0.3) is 112 Å². The predicted octanol–water partition coefficient (Wildman–Crippen LogP) is 11.6. The number of hydrogen-bond donors (Lipinski definition) is 2. The van der Waals surface area contributed by atoms with Crippen molar-refractivity contribution in [2.45, 2.75) is 5.41 Å². The molecular weight excluding hydrogens is 1400 g/mol. The van der Waals surface area contributed by atoms with Gasteiger partial charge in [-0.25, -0.2) is 0 Å². The molecule has 0 radical (unpaired) electrons. The standard InChI is InChI=1S/C81H86N10O18/c1-92-21-25-96-29-33-100-37-41-104-73-19-11-59(51-75(73)106-43-39-102-35-31-98-27-23-94-3)79-88-86-77(108-79)57-7-15-63-64-16-8-58(78-87-89-80(109-78)60-12-20-74(105-42-38-101-34-30-97-26-22-93-2)76(52-60)107-44-40-103-36-32-99-28-24-95-4)48-68(64)81(67(63)47-57)65-45-53(55-9-17-69-71(49-55)84-90-82-69)5-13-61(65)62-14-6-54(46-66(62)81)56-10-18-70-72(50-56)85-91-83-70/h5-20,45-52H,21-44H2,1-4H3,(H,82,84,90)(H,83,85,91). The number of aromatic nitrogens is 10. The van der Waals surface area contributed by atoms with Gasteiger partial charge in [0.1, 0.15) is 37.5 Å². The summed E-state index contributed by atoms with van der Waals surface area (Å²) in [5.41, 5.74) is 16.7. The van der Waals surface area contributed by atoms with Crippen LogP contribution < -0.4 is 18.9 Å². The highest BCUT2D eigenvalue weighted by Crippen LogP contribution is 2.64. The van der Waals surface area contributed by atoms with Gasteiger partial charge in [0.05, 0.1) is 149 Å². The number of ether oxygens (including phenoxy) is 16. The van der Waals surface area contributed by atoms with Gasteiger partial charge in [-0.15, -0.1) is 30.6 Å². The molecule has 0 saturated heterocycles. The van der Waals surface area contributed by atoms with Crippen LogP contribution in [0.2, 0.25) is 0 Å². The zero-order chi connectivity index (χ0) is 74.4. The Balaban J connectivity index is 0.820. The molecule has 12 aromatic rings. The maximum atomic E-state index is 6.77. The van der Waals surface area contributed by atoms with Gasteiger partial charge in [-0.1, -0.05) is 59.0 Å². The van der Waals surface area contributed by atoms with Crippen LogP contribution in [0.15, 0.2) is 154 Å². The Labute approximate surface area is 628 Å². The van der Waals surface area contributed by atoms with E-state index in [4.69, 9.17) is 94.8 Å². The van der Waals surface area contributed by atoms with Crippen LogP contribution in [0.4, 0.5) is 0 Å². The summed E-state index contributed by atoms with van der Waals surface area (Å²) in [6, 6.07) is 49.5. The first kappa shape index (κ1) is 75.4. The number of benzene rings is 8. The second-order valence-corrected chi connectivity index (χ2v) is 25.3. The van der Waals surface area contributed by atoms with Gasteiger partial charge < -0.3 is 84.6 Å². The van der Waals surface area contributed by atoms with Crippen LogP contribution in [0.3, 0.4) is 0 Å². The molecule has 1 spiro atoms. The van der Waals surface area contributed by atoms with Crippen molar-refractivity contribution in [3.63, 3.8) is 0 Å². The van der Waals surface area contributed by atoms with Crippen molar-refractivity contribution in [2.75, 3.05) is 187 Å². The van der Waals surface area contributed by atoms with Gasteiger partial charge in [0, 0.05) is 50.7 Å². The van der Waals surface area contributed by atoms with Crippen molar-refractivity contribution in [3.8, 4) is 113 Å². The highest BCUT2D eigenvalue weighted by atomic mass is 16.6. The molecule has 109 heavy (non-hydrogen) atoms. The van der Waals surface area contributed by atoms with Gasteiger partial charge >= 0.3 is 0 Å². The lowest BCUT2D eigenvalue weighted by molar-refractivity contribution is 0.0160. The number of fused-ring (bicyclic) bond motifs is 12. The molecule has 2 aliphatic rings. The van der Waals surface area contributed by atoms with Gasteiger partial charge in [0.2, 0.25) is 23.6 Å². The molecule has 0 unspecified atom stereocenters. The molecule has 0 bridgehead atoms. The van der Waals surface area contributed by atoms with E-state index >= 15 is 0 Å². The van der Waals surface area contributed by atoms with Gasteiger partial charge in [-0.3, -0.25) is 10.2 Å². The maximum Gasteiger partial charge on any atom is 0.248 e. The summed E-state index contributed by atoms with van der Waals surface area (Å²) < 4.78 is 105. The summed E-state index contributed by atoms with van der Waals surface area (Å²) >= 11 is 0. The van der Waals surface area contributed by atoms with Gasteiger partial charge in [0.15, 0.2) is 23.0 Å². The highest BCUT2D eigenvalue weighted by Gasteiger charge is 2.52. The molecule has 0 amide bonds. The number of nitrogens with one attached hydrogen (secondary N) is 2. The predicted molar refractivity (Wildman–Crippen MR) is 402 cm³/mol. The molecule has 14 rings (SSSR count). The molecule has 2 aliphatic carbocycles. The molecule has 0 aliphatic heterocycles. The lowest BCUT2D eigenvalue weighted by Gasteiger charge is -2.31. The molecule has 568 valence electrons. The van der Waals surface area contributed by atoms with Crippen molar-refractivity contribution in [2.24, 2.45) is 0 Å². The Hall–Kier alpha value is -10.4. The molecule has 2 N–H and O–H groups in total. The smallest absolute Gasteiger partial charge is 0.248 e. The van der Waals surface area contributed by atoms with E-state index in [-0.39, 0.29) is 38.2 Å². The van der Waals surface area contributed by atoms with E-state index in [1.807, 2.05) is 60.7 Å². The zero-order valence-corrected chi connectivity index (χ0v) is 61.3. The summed E-state index contributed by atoms with van der Waals surface area (Å²) in [6.45, 7) is 9.46. The van der Waals surface area contributed by atoms with Gasteiger partial charge in [0.25, 0.3) is 0 Å². The third-order valence-electron chi connectivity index (χ3n) is 18.5. The fourth-order valence-electron chi connectivity index (χ4n) is 13.3. The summed E-state index contributed by atoms with van der Waals surface area (Å²) in [7, 11) is 6.54. The molecule has 0 atom stereocenters. The van der Waals surface area contributed by atoms with E-state index in [1.165, 1.54) is 0 Å². The van der Waals surface area contributed by atoms with Crippen LogP contribution in [0.1, 0.15) is 22.3 Å². The third kappa shape index (κ3) is 17.8. The van der Waals surface area contributed by atoms with Gasteiger partial charge in [-0.05, 0) is 164 Å². The SMILES string of the molecule is COCCOCCOCCOc1ccc(-c2nnc(-c3ccc4c(c3)C3(c5cc(-c6ccc7[nH]nnc7c6)ccc5-c5ccc(-c6ccc7[nH]nnc7c6)cc53)c3cc(-c5nnc(-c6ccc(OCCOCCOCCOC)c(OCCOCCOCCOC)c6)o5)ccc3-4)o2)cc1OCCOCCOCCOC. The second kappa shape index (κ2) is 37.6. The van der Waals surface area contributed by atoms with E-state index in [9.17, 15) is 0 Å². The molecule has 8 aromatic carbocycles. The average Bonchev–Trinajstić information content (AvgIpc) is 1.50. The van der Waals surface area contributed by atoms with E-state index in [0.717, 1.165) is 88.8 Å². The fraction of sp³-hybridized carbons (Fsp3) is 0.358. The Morgan fingerprint density at radius 3 is 0.844 bits per heavy atom. The highest BCUT2D eigenvalue weighted by molar-refractivity contribution is 5.99. The molecule has 4 aromatic heterocycles. The Bertz CT molecular complexity index is 4640. The van der Waals surface area contributed by atoms with Crippen LogP contribution >= 0.6 is 0 Å². The molecule has 0 fully saturated rings. The number of H-pyrrole nitrogens is 2. The van der Waals surface area contributed by atoms with Crippen molar-refractivity contribution in [1.29, 1.82) is 0 Å². The van der Waals surface area contributed by atoms with Gasteiger partial charge in [-0.2, -0.15) is 0 Å². The minimum atomic E-state index is -1.02. The van der Waals surface area contributed by atoms with Crippen molar-refractivity contribution >= 4 is 22.1 Å². The van der Waals surface area contributed by atoms with Crippen LogP contribution in [0.5, 0.6) is 23.0 Å². The number of methoxy groups -OCH3 is 4. The van der Waals surface area contributed by atoms with E-state index < -0.39 is 5.41 Å². The third-order valence-corrected chi connectivity index (χ3v) is 18.5. The first-order valence-corrected chi connectivity index (χ1v) is 36.2. The number of nitrogens with zero attached hydrogens (tertiary/aromatic N) is 8. The number of hydrogen-bond acceptors (Lipinski definition) is 26. The maximum absolute atomic E-state index is 6.77. The Morgan fingerprint density at radius 1 is 0.257 bits per heavy atom. The fourth-order valence-corrected chi connectivity index (χ4v) is 13.3. The molecule has 4 heterocycles. The summed E-state index contributed by atoms with van der Waals surface area (Å²) in [6.07, 6.45) is 0. The van der Waals surface area contributed by atoms with Crippen molar-refractivity contribution in [1.82, 2.24) is 51.2 Å². The van der Waals surface area contributed by atoms with Crippen molar-refractivity contribution in [3.05, 3.63) is 168 Å². The lowest BCUT2D eigenvalue weighted by atomic mass is 9.69. The molecular formula is C81H86N10O18. The topological polar surface area (TPSA) is 309 Å².